The number of rotatable bonds is 5. The number of carbonyl (C=O) groups is 1. The summed E-state index contributed by atoms with van der Waals surface area (Å²) < 4.78 is 27.3. The maximum Gasteiger partial charge on any atom is 0.308 e. The molecule has 0 spiro atoms. The molecule has 0 amide bonds. The van der Waals surface area contributed by atoms with Gasteiger partial charge in [-0.1, -0.05) is 0 Å². The topological polar surface area (TPSA) is 72.8 Å². The van der Waals surface area contributed by atoms with E-state index in [0.29, 0.717) is 6.61 Å². The lowest BCUT2D eigenvalue weighted by Crippen LogP contribution is -2.17. The van der Waals surface area contributed by atoms with Crippen molar-refractivity contribution in [3.63, 3.8) is 0 Å². The minimum Gasteiger partial charge on any atom is -0.466 e. The normalized spacial score (nSPS) is 15.2. The second-order valence-corrected chi connectivity index (χ2v) is 2.76. The minimum absolute atomic E-state index is 0.0137. The van der Waals surface area contributed by atoms with Gasteiger partial charge in [-0.15, -0.1) is 0 Å². The van der Waals surface area contributed by atoms with Crippen LogP contribution >= 0.6 is 0 Å². The molecule has 0 radical (unpaired) electrons. The molecular weight excluding hydrogens is 184 g/mol. The Kier molecular flexibility index (Phi) is 5.87. The van der Waals surface area contributed by atoms with E-state index in [1.54, 1.807) is 6.92 Å². The third kappa shape index (κ3) is 6.26. The van der Waals surface area contributed by atoms with Crippen molar-refractivity contribution in [1.29, 1.82) is 0 Å². The summed E-state index contributed by atoms with van der Waals surface area (Å²) in [5.74, 6) is -0.435. The van der Waals surface area contributed by atoms with Crippen LogP contribution in [0.4, 0.5) is 0 Å². The molecule has 0 bridgehead atoms. The van der Waals surface area contributed by atoms with Gasteiger partial charge in [0.1, 0.15) is 0 Å². The van der Waals surface area contributed by atoms with Gasteiger partial charge in [-0.05, 0) is 13.8 Å². The second-order valence-electron chi connectivity index (χ2n) is 2.13. The molecule has 2 atom stereocenters. The van der Waals surface area contributed by atoms with Crippen molar-refractivity contribution in [2.75, 3.05) is 6.61 Å². The highest BCUT2D eigenvalue weighted by atomic mass is 32.2. The zero-order valence-corrected chi connectivity index (χ0v) is 7.80. The Morgan fingerprint density at radius 1 is 1.67 bits per heavy atom. The van der Waals surface area contributed by atoms with Crippen LogP contribution in [-0.4, -0.2) is 27.4 Å². The second kappa shape index (κ2) is 6.10. The summed E-state index contributed by atoms with van der Waals surface area (Å²) >= 11 is -2.32. The van der Waals surface area contributed by atoms with Crippen molar-refractivity contribution >= 4 is 17.3 Å². The average Bonchev–Trinajstić information content (AvgIpc) is 1.84. The number of hydrogen-bond donors (Lipinski definition) is 1. The molecule has 12 heavy (non-hydrogen) atoms. The summed E-state index contributed by atoms with van der Waals surface area (Å²) in [5.41, 5.74) is 0. The van der Waals surface area contributed by atoms with E-state index >= 15 is 0 Å². The van der Waals surface area contributed by atoms with Gasteiger partial charge in [-0.25, -0.2) is 0 Å². The van der Waals surface area contributed by atoms with Gasteiger partial charge >= 0.3 is 17.3 Å². The number of hydrogen-bond acceptors (Lipinski definition) is 4. The fourth-order valence-corrected chi connectivity index (χ4v) is 0.978. The first-order valence-corrected chi connectivity index (χ1v) is 4.53. The van der Waals surface area contributed by atoms with Gasteiger partial charge in [0.05, 0.1) is 19.1 Å². The molecule has 0 rings (SSSR count). The molecule has 0 aromatic heterocycles. The molecule has 0 heterocycles. The smallest absolute Gasteiger partial charge is 0.308 e. The molecule has 0 saturated heterocycles. The first-order chi connectivity index (χ1) is 5.56. The predicted octanol–water partition coefficient (Wildman–Crippen LogP) is 0.481. The molecule has 1 N–H and O–H groups in total. The fourth-order valence-electron chi connectivity index (χ4n) is 0.629. The van der Waals surface area contributed by atoms with Gasteiger partial charge < -0.3 is 4.74 Å². The Labute approximate surface area is 73.5 Å². The summed E-state index contributed by atoms with van der Waals surface area (Å²) in [6, 6.07) is 0. The predicted molar refractivity (Wildman–Crippen MR) is 42.6 cm³/mol. The van der Waals surface area contributed by atoms with Crippen LogP contribution in [0.15, 0.2) is 0 Å². The summed E-state index contributed by atoms with van der Waals surface area (Å²) in [4.78, 5) is 10.8. The molecule has 2 unspecified atom stereocenters. The summed E-state index contributed by atoms with van der Waals surface area (Å²) in [5, 5.41) is 0. The molecule has 0 aliphatic heterocycles. The van der Waals surface area contributed by atoms with Crippen LogP contribution in [0.5, 0.6) is 0 Å². The lowest BCUT2D eigenvalue weighted by atomic mass is 10.3. The highest BCUT2D eigenvalue weighted by Crippen LogP contribution is 2.00. The van der Waals surface area contributed by atoms with E-state index < -0.39 is 23.4 Å². The van der Waals surface area contributed by atoms with Crippen molar-refractivity contribution in [2.45, 2.75) is 26.4 Å². The largest absolute Gasteiger partial charge is 0.466 e. The van der Waals surface area contributed by atoms with Crippen LogP contribution < -0.4 is 0 Å². The molecule has 6 heteroatoms. The number of carbonyl (C=O) groups excluding carboxylic acids is 1. The van der Waals surface area contributed by atoms with E-state index in [-0.39, 0.29) is 6.42 Å². The Balaban J connectivity index is 3.61. The zero-order chi connectivity index (χ0) is 9.56. The summed E-state index contributed by atoms with van der Waals surface area (Å²) in [7, 11) is 0. The molecule has 0 aliphatic rings. The summed E-state index contributed by atoms with van der Waals surface area (Å²) in [6.07, 6.45) is -0.616. The SMILES string of the molecule is CCOC(=O)CC(C)OS(=O)O. The van der Waals surface area contributed by atoms with Crippen molar-refractivity contribution in [1.82, 2.24) is 0 Å². The van der Waals surface area contributed by atoms with Crippen LogP contribution in [0.25, 0.3) is 0 Å². The lowest BCUT2D eigenvalue weighted by molar-refractivity contribution is -0.144. The van der Waals surface area contributed by atoms with E-state index in [9.17, 15) is 9.00 Å². The maximum absolute atomic E-state index is 10.8. The molecule has 0 aromatic carbocycles. The summed E-state index contributed by atoms with van der Waals surface area (Å²) in [6.45, 7) is 3.51. The number of esters is 1. The van der Waals surface area contributed by atoms with Crippen LogP contribution in [-0.2, 0) is 25.1 Å². The standard InChI is InChI=1S/C6H12O5S/c1-3-10-6(7)4-5(2)11-12(8)9/h5H,3-4H2,1-2H3,(H,8,9). The molecule has 72 valence electrons. The van der Waals surface area contributed by atoms with Gasteiger partial charge in [0.2, 0.25) is 0 Å². The average molecular weight is 196 g/mol. The first kappa shape index (κ1) is 11.5. The Morgan fingerprint density at radius 2 is 2.25 bits per heavy atom. The molecule has 0 fully saturated rings. The highest BCUT2D eigenvalue weighted by Gasteiger charge is 2.12. The van der Waals surface area contributed by atoms with Crippen molar-refractivity contribution in [3.05, 3.63) is 0 Å². The molecule has 0 aromatic rings. The lowest BCUT2D eigenvalue weighted by Gasteiger charge is -2.07. The van der Waals surface area contributed by atoms with E-state index in [0.717, 1.165) is 0 Å². The van der Waals surface area contributed by atoms with Crippen LogP contribution in [0.3, 0.4) is 0 Å². The Bertz CT molecular complexity index is 169. The molecular formula is C6H12O5S. The van der Waals surface area contributed by atoms with Gasteiger partial charge in [0.25, 0.3) is 0 Å². The Morgan fingerprint density at radius 3 is 2.67 bits per heavy atom. The van der Waals surface area contributed by atoms with E-state index in [2.05, 4.69) is 8.92 Å². The van der Waals surface area contributed by atoms with Crippen LogP contribution in [0, 0.1) is 0 Å². The molecule has 0 saturated carbocycles. The quantitative estimate of drug-likeness (QED) is 0.511. The number of ether oxygens (including phenoxy) is 1. The minimum atomic E-state index is -2.32. The van der Waals surface area contributed by atoms with Crippen LogP contribution in [0.1, 0.15) is 20.3 Å². The van der Waals surface area contributed by atoms with E-state index in [1.165, 1.54) is 6.92 Å². The van der Waals surface area contributed by atoms with Crippen molar-refractivity contribution < 1.29 is 22.5 Å². The Hall–Kier alpha value is -0.460. The highest BCUT2D eigenvalue weighted by molar-refractivity contribution is 7.74. The van der Waals surface area contributed by atoms with Gasteiger partial charge in [0, 0.05) is 0 Å². The maximum atomic E-state index is 10.8. The molecule has 0 aliphatic carbocycles. The zero-order valence-electron chi connectivity index (χ0n) is 6.98. The first-order valence-electron chi connectivity index (χ1n) is 3.49. The monoisotopic (exact) mass is 196 g/mol. The van der Waals surface area contributed by atoms with Crippen LogP contribution in [0.2, 0.25) is 0 Å². The van der Waals surface area contributed by atoms with Gasteiger partial charge in [-0.3, -0.25) is 13.5 Å². The van der Waals surface area contributed by atoms with Gasteiger partial charge in [-0.2, -0.15) is 4.21 Å². The molecule has 5 nitrogen and oxygen atoms in total. The van der Waals surface area contributed by atoms with Gasteiger partial charge in [0.15, 0.2) is 0 Å². The third-order valence-corrected chi connectivity index (χ3v) is 1.50. The van der Waals surface area contributed by atoms with Crippen molar-refractivity contribution in [2.24, 2.45) is 0 Å². The van der Waals surface area contributed by atoms with E-state index in [4.69, 9.17) is 4.55 Å². The van der Waals surface area contributed by atoms with Crippen molar-refractivity contribution in [3.8, 4) is 0 Å². The van der Waals surface area contributed by atoms with E-state index in [1.807, 2.05) is 0 Å². The fraction of sp³-hybridized carbons (Fsp3) is 0.833. The third-order valence-electron chi connectivity index (χ3n) is 1.01.